The zero-order valence-electron chi connectivity index (χ0n) is 16.6. The first-order valence-corrected chi connectivity index (χ1v) is 8.88. The second kappa shape index (κ2) is 8.73. The number of rotatable bonds is 8. The first-order valence-electron chi connectivity index (χ1n) is 8.88. The number of nitrogens with zero attached hydrogens (tertiary/aromatic N) is 2. The number of hydrogen-bond donors (Lipinski definition) is 2. The first kappa shape index (κ1) is 21.2. The highest BCUT2D eigenvalue weighted by Gasteiger charge is 2.24. The lowest BCUT2D eigenvalue weighted by molar-refractivity contribution is -0.139. The van der Waals surface area contributed by atoms with Gasteiger partial charge in [0, 0.05) is 11.0 Å². The van der Waals surface area contributed by atoms with Gasteiger partial charge in [0.15, 0.2) is 23.9 Å². The molecule has 2 N–H and O–H groups in total. The summed E-state index contributed by atoms with van der Waals surface area (Å²) in [7, 11) is 0. The highest BCUT2D eigenvalue weighted by Crippen LogP contribution is 2.29. The molecule has 0 bridgehead atoms. The van der Waals surface area contributed by atoms with Crippen LogP contribution in [0.1, 0.15) is 62.7 Å². The molecular weight excluding hydrogens is 366 g/mol. The number of carboxylic acids is 1. The molecular formula is C19H25N3O6. The summed E-state index contributed by atoms with van der Waals surface area (Å²) >= 11 is 0. The Bertz CT molecular complexity index is 840. The predicted octanol–water partition coefficient (Wildman–Crippen LogP) is 2.72. The molecule has 1 heterocycles. The first-order chi connectivity index (χ1) is 13.1. The molecule has 1 amide bonds. The van der Waals surface area contributed by atoms with Crippen molar-refractivity contribution in [3.63, 3.8) is 0 Å². The molecule has 1 unspecified atom stereocenters. The molecule has 0 saturated heterocycles. The summed E-state index contributed by atoms with van der Waals surface area (Å²) in [6.45, 7) is 9.25. The lowest BCUT2D eigenvalue weighted by Crippen LogP contribution is -2.27. The summed E-state index contributed by atoms with van der Waals surface area (Å²) in [5.41, 5.74) is 0.0671. The number of carbonyl (C=O) groups excluding carboxylic acids is 1. The van der Waals surface area contributed by atoms with E-state index in [0.717, 1.165) is 0 Å². The smallest absolute Gasteiger partial charge is 0.341 e. The molecule has 9 heteroatoms. The standard InChI is InChI=1S/C19H25N3O6/c1-6-26-14-9-12(7-8-13(14)27-10-15(23)24)16(25)20-11(2)17-21-18(22-28-17)19(3,4)5/h7-9,11H,6,10H2,1-5H3,(H,20,25)(H,23,24). The summed E-state index contributed by atoms with van der Waals surface area (Å²) in [6.07, 6.45) is 0. The lowest BCUT2D eigenvalue weighted by Gasteiger charge is -2.14. The third kappa shape index (κ3) is 5.45. The molecule has 0 aliphatic heterocycles. The highest BCUT2D eigenvalue weighted by molar-refractivity contribution is 5.95. The van der Waals surface area contributed by atoms with Crippen molar-refractivity contribution in [2.24, 2.45) is 0 Å². The van der Waals surface area contributed by atoms with Gasteiger partial charge in [0.2, 0.25) is 5.89 Å². The zero-order valence-corrected chi connectivity index (χ0v) is 16.6. The topological polar surface area (TPSA) is 124 Å². The van der Waals surface area contributed by atoms with Crippen LogP contribution in [-0.2, 0) is 10.2 Å². The fourth-order valence-electron chi connectivity index (χ4n) is 2.23. The number of hydrogen-bond acceptors (Lipinski definition) is 7. The van der Waals surface area contributed by atoms with E-state index < -0.39 is 18.6 Å². The molecule has 0 aliphatic rings. The molecule has 2 aromatic rings. The SMILES string of the molecule is CCOc1cc(C(=O)NC(C)c2nc(C(C)(C)C)no2)ccc1OCC(=O)O. The number of aliphatic carboxylic acids is 1. The van der Waals surface area contributed by atoms with Crippen molar-refractivity contribution in [3.8, 4) is 11.5 Å². The average Bonchev–Trinajstić information content (AvgIpc) is 3.11. The molecule has 1 aromatic carbocycles. The van der Waals surface area contributed by atoms with E-state index >= 15 is 0 Å². The number of carbonyl (C=O) groups is 2. The maximum atomic E-state index is 12.6. The van der Waals surface area contributed by atoms with Crippen LogP contribution in [0.3, 0.4) is 0 Å². The van der Waals surface area contributed by atoms with Crippen molar-refractivity contribution >= 4 is 11.9 Å². The minimum Gasteiger partial charge on any atom is -0.490 e. The van der Waals surface area contributed by atoms with Crippen molar-refractivity contribution in [1.82, 2.24) is 15.5 Å². The van der Waals surface area contributed by atoms with Gasteiger partial charge in [-0.3, -0.25) is 4.79 Å². The summed E-state index contributed by atoms with van der Waals surface area (Å²) in [5, 5.41) is 15.5. The van der Waals surface area contributed by atoms with Crippen molar-refractivity contribution in [2.45, 2.75) is 46.1 Å². The van der Waals surface area contributed by atoms with Crippen LogP contribution in [-0.4, -0.2) is 40.3 Å². The van der Waals surface area contributed by atoms with Crippen molar-refractivity contribution in [1.29, 1.82) is 0 Å². The highest BCUT2D eigenvalue weighted by atomic mass is 16.5. The largest absolute Gasteiger partial charge is 0.490 e. The van der Waals surface area contributed by atoms with Gasteiger partial charge in [-0.2, -0.15) is 4.98 Å². The van der Waals surface area contributed by atoms with E-state index in [0.29, 0.717) is 23.9 Å². The fraction of sp³-hybridized carbons (Fsp3) is 0.474. The molecule has 0 spiro atoms. The van der Waals surface area contributed by atoms with Gasteiger partial charge in [-0.25, -0.2) is 4.79 Å². The normalized spacial score (nSPS) is 12.3. The van der Waals surface area contributed by atoms with Crippen LogP contribution in [0.5, 0.6) is 11.5 Å². The fourth-order valence-corrected chi connectivity index (χ4v) is 2.23. The van der Waals surface area contributed by atoms with E-state index in [2.05, 4.69) is 15.5 Å². The molecule has 1 aromatic heterocycles. The van der Waals surface area contributed by atoms with Crippen LogP contribution >= 0.6 is 0 Å². The molecule has 9 nitrogen and oxygen atoms in total. The third-order valence-corrected chi connectivity index (χ3v) is 3.69. The van der Waals surface area contributed by atoms with Crippen LogP contribution in [0, 0.1) is 0 Å². The molecule has 28 heavy (non-hydrogen) atoms. The molecule has 152 valence electrons. The summed E-state index contributed by atoms with van der Waals surface area (Å²) in [6, 6.07) is 4.03. The van der Waals surface area contributed by atoms with E-state index in [1.807, 2.05) is 20.8 Å². The minimum absolute atomic E-state index is 0.251. The minimum atomic E-state index is -1.10. The number of ether oxygens (including phenoxy) is 2. The summed E-state index contributed by atoms with van der Waals surface area (Å²) in [5.74, 6) is -0.0645. The van der Waals surface area contributed by atoms with Crippen LogP contribution in [0.4, 0.5) is 0 Å². The Balaban J connectivity index is 2.13. The monoisotopic (exact) mass is 391 g/mol. The number of amides is 1. The molecule has 0 radical (unpaired) electrons. The molecule has 0 fully saturated rings. The van der Waals surface area contributed by atoms with Crippen molar-refractivity contribution < 1.29 is 28.7 Å². The Kier molecular flexibility index (Phi) is 6.61. The van der Waals surface area contributed by atoms with E-state index in [-0.39, 0.29) is 22.8 Å². The van der Waals surface area contributed by atoms with Crippen LogP contribution in [0.25, 0.3) is 0 Å². The third-order valence-electron chi connectivity index (χ3n) is 3.69. The van der Waals surface area contributed by atoms with Gasteiger partial charge in [-0.15, -0.1) is 0 Å². The lowest BCUT2D eigenvalue weighted by atomic mass is 9.96. The van der Waals surface area contributed by atoms with Crippen LogP contribution in [0.2, 0.25) is 0 Å². The number of nitrogens with one attached hydrogen (secondary N) is 1. The van der Waals surface area contributed by atoms with Gasteiger partial charge in [0.1, 0.15) is 6.04 Å². The number of aromatic nitrogens is 2. The molecule has 2 rings (SSSR count). The Hall–Kier alpha value is -3.10. The van der Waals surface area contributed by atoms with Gasteiger partial charge in [-0.1, -0.05) is 25.9 Å². The quantitative estimate of drug-likeness (QED) is 0.704. The molecule has 1 atom stereocenters. The maximum absolute atomic E-state index is 12.6. The number of benzene rings is 1. The van der Waals surface area contributed by atoms with Gasteiger partial charge >= 0.3 is 5.97 Å². The van der Waals surface area contributed by atoms with Gasteiger partial charge in [0.05, 0.1) is 6.61 Å². The Morgan fingerprint density at radius 1 is 1.25 bits per heavy atom. The second-order valence-electron chi connectivity index (χ2n) is 7.18. The van der Waals surface area contributed by atoms with Crippen molar-refractivity contribution in [3.05, 3.63) is 35.5 Å². The zero-order chi connectivity index (χ0) is 20.9. The van der Waals surface area contributed by atoms with E-state index in [9.17, 15) is 9.59 Å². The maximum Gasteiger partial charge on any atom is 0.341 e. The number of carboxylic acid groups (broad SMARTS) is 1. The predicted molar refractivity (Wildman–Crippen MR) is 99.6 cm³/mol. The van der Waals surface area contributed by atoms with Gasteiger partial charge in [0.25, 0.3) is 5.91 Å². The van der Waals surface area contributed by atoms with Gasteiger partial charge in [-0.05, 0) is 32.0 Å². The summed E-state index contributed by atoms with van der Waals surface area (Å²) in [4.78, 5) is 27.6. The van der Waals surface area contributed by atoms with Crippen LogP contribution < -0.4 is 14.8 Å². The molecule has 0 saturated carbocycles. The van der Waals surface area contributed by atoms with Crippen LogP contribution in [0.15, 0.2) is 22.7 Å². The molecule has 0 aliphatic carbocycles. The van der Waals surface area contributed by atoms with E-state index in [1.54, 1.807) is 13.8 Å². The van der Waals surface area contributed by atoms with E-state index in [1.165, 1.54) is 18.2 Å². The van der Waals surface area contributed by atoms with Gasteiger partial charge < -0.3 is 24.4 Å². The Labute approximate surface area is 163 Å². The Morgan fingerprint density at radius 3 is 2.54 bits per heavy atom. The Morgan fingerprint density at radius 2 is 1.96 bits per heavy atom. The second-order valence-corrected chi connectivity index (χ2v) is 7.18. The average molecular weight is 391 g/mol. The van der Waals surface area contributed by atoms with E-state index in [4.69, 9.17) is 19.1 Å². The summed E-state index contributed by atoms with van der Waals surface area (Å²) < 4.78 is 15.9. The van der Waals surface area contributed by atoms with Crippen molar-refractivity contribution in [2.75, 3.05) is 13.2 Å².